The fourth-order valence-electron chi connectivity index (χ4n) is 1.38. The molecule has 0 aromatic carbocycles. The second-order valence-electron chi connectivity index (χ2n) is 4.02. The van der Waals surface area contributed by atoms with Crippen molar-refractivity contribution in [2.24, 2.45) is 5.73 Å². The zero-order valence-electron chi connectivity index (χ0n) is 10.1. The van der Waals surface area contributed by atoms with Gasteiger partial charge in [0.1, 0.15) is 9.88 Å². The zero-order chi connectivity index (χ0) is 12.9. The predicted molar refractivity (Wildman–Crippen MR) is 71.7 cm³/mol. The van der Waals surface area contributed by atoms with E-state index < -0.39 is 11.5 Å². The van der Waals surface area contributed by atoms with Crippen molar-refractivity contribution < 1.29 is 9.90 Å². The number of aromatic nitrogens is 1. The molecule has 0 aliphatic carbocycles. The van der Waals surface area contributed by atoms with E-state index in [-0.39, 0.29) is 0 Å². The van der Waals surface area contributed by atoms with E-state index >= 15 is 0 Å². The van der Waals surface area contributed by atoms with Crippen LogP contribution in [0.1, 0.15) is 31.9 Å². The molecule has 6 heteroatoms. The molecule has 0 spiro atoms. The Labute approximate surface area is 110 Å². The van der Waals surface area contributed by atoms with Gasteiger partial charge in [0.2, 0.25) is 0 Å². The Bertz CT molecular complexity index is 381. The normalized spacial score (nSPS) is 14.5. The molecule has 96 valence electrons. The third-order valence-corrected chi connectivity index (χ3v) is 4.87. The first-order valence-electron chi connectivity index (χ1n) is 5.55. The quantitative estimate of drug-likeness (QED) is 0.590. The molecule has 1 rings (SSSR count). The van der Waals surface area contributed by atoms with Gasteiger partial charge in [0.15, 0.2) is 0 Å². The van der Waals surface area contributed by atoms with Crippen molar-refractivity contribution in [1.29, 1.82) is 0 Å². The maximum Gasteiger partial charge on any atom is 0.323 e. The molecule has 0 bridgehead atoms. The minimum atomic E-state index is -1.07. The molecule has 0 radical (unpaired) electrons. The lowest BCUT2D eigenvalue weighted by Crippen LogP contribution is -2.47. The Morgan fingerprint density at radius 2 is 2.41 bits per heavy atom. The van der Waals surface area contributed by atoms with E-state index in [2.05, 4.69) is 4.98 Å². The van der Waals surface area contributed by atoms with Gasteiger partial charge in [-0.05, 0) is 26.2 Å². The molecule has 1 aromatic heterocycles. The van der Waals surface area contributed by atoms with E-state index in [4.69, 9.17) is 10.8 Å². The summed E-state index contributed by atoms with van der Waals surface area (Å²) in [4.78, 5) is 15.3. The summed E-state index contributed by atoms with van der Waals surface area (Å²) in [5.74, 6) is -0.0470. The van der Waals surface area contributed by atoms with Crippen LogP contribution in [-0.2, 0) is 4.79 Å². The van der Waals surface area contributed by atoms with Gasteiger partial charge in [-0.15, -0.1) is 11.3 Å². The Balaban J connectivity index is 2.30. The first-order valence-corrected chi connectivity index (χ1v) is 7.41. The smallest absolute Gasteiger partial charge is 0.323 e. The number of carbonyl (C=O) groups is 1. The minimum absolute atomic E-state index is 0.462. The number of rotatable bonds is 7. The van der Waals surface area contributed by atoms with Crippen LogP contribution >= 0.6 is 23.1 Å². The average molecular weight is 274 g/mol. The molecule has 0 amide bonds. The Morgan fingerprint density at radius 3 is 2.88 bits per heavy atom. The van der Waals surface area contributed by atoms with Crippen LogP contribution in [0.15, 0.2) is 9.72 Å². The zero-order valence-corrected chi connectivity index (χ0v) is 11.7. The van der Waals surface area contributed by atoms with Gasteiger partial charge in [-0.25, -0.2) is 4.98 Å². The highest BCUT2D eigenvalue weighted by molar-refractivity contribution is 8.00. The van der Waals surface area contributed by atoms with Gasteiger partial charge >= 0.3 is 5.97 Å². The van der Waals surface area contributed by atoms with Gasteiger partial charge in [0.05, 0.1) is 0 Å². The Kier molecular flexibility index (Phi) is 5.42. The van der Waals surface area contributed by atoms with E-state index in [0.717, 1.165) is 22.2 Å². The summed E-state index contributed by atoms with van der Waals surface area (Å²) in [5, 5.41) is 11.0. The van der Waals surface area contributed by atoms with Crippen LogP contribution in [0, 0.1) is 6.92 Å². The standard InChI is InChI=1S/C11H18N2O2S2/c1-3-11(12,9(14)15)5-4-6-16-10-13-8(2)7-17-10/h7H,3-6,12H2,1-2H3,(H,14,15). The molecule has 1 aromatic rings. The van der Waals surface area contributed by atoms with Crippen LogP contribution in [0.25, 0.3) is 0 Å². The van der Waals surface area contributed by atoms with Crippen molar-refractivity contribution in [2.75, 3.05) is 5.75 Å². The van der Waals surface area contributed by atoms with Gasteiger partial charge in [-0.1, -0.05) is 18.7 Å². The number of carboxylic acids is 1. The fraction of sp³-hybridized carbons (Fsp3) is 0.636. The molecule has 1 heterocycles. The first kappa shape index (κ1) is 14.5. The van der Waals surface area contributed by atoms with Crippen molar-refractivity contribution in [3.63, 3.8) is 0 Å². The number of aryl methyl sites for hydroxylation is 1. The molecule has 0 saturated heterocycles. The van der Waals surface area contributed by atoms with Crippen molar-refractivity contribution in [2.45, 2.75) is 43.0 Å². The van der Waals surface area contributed by atoms with Crippen LogP contribution in [-0.4, -0.2) is 27.4 Å². The molecule has 3 N–H and O–H groups in total. The summed E-state index contributed by atoms with van der Waals surface area (Å²) >= 11 is 3.29. The predicted octanol–water partition coefficient (Wildman–Crippen LogP) is 2.52. The Morgan fingerprint density at radius 1 is 1.71 bits per heavy atom. The average Bonchev–Trinajstić information content (AvgIpc) is 2.70. The topological polar surface area (TPSA) is 76.2 Å². The number of hydrogen-bond donors (Lipinski definition) is 2. The maximum atomic E-state index is 11.0. The number of carboxylic acid groups (broad SMARTS) is 1. The van der Waals surface area contributed by atoms with Gasteiger partial charge in [0, 0.05) is 16.8 Å². The number of nitrogens with two attached hydrogens (primary N) is 1. The van der Waals surface area contributed by atoms with Crippen molar-refractivity contribution in [3.8, 4) is 0 Å². The highest BCUT2D eigenvalue weighted by atomic mass is 32.2. The van der Waals surface area contributed by atoms with Crippen LogP contribution < -0.4 is 5.73 Å². The van der Waals surface area contributed by atoms with Gasteiger partial charge in [-0.3, -0.25) is 4.79 Å². The molecule has 4 nitrogen and oxygen atoms in total. The highest BCUT2D eigenvalue weighted by Crippen LogP contribution is 2.24. The van der Waals surface area contributed by atoms with Gasteiger partial charge in [-0.2, -0.15) is 0 Å². The third kappa shape index (κ3) is 4.29. The summed E-state index contributed by atoms with van der Waals surface area (Å²) in [6, 6.07) is 0. The lowest BCUT2D eigenvalue weighted by atomic mass is 9.92. The van der Waals surface area contributed by atoms with Gasteiger partial charge in [0.25, 0.3) is 0 Å². The van der Waals surface area contributed by atoms with Crippen molar-refractivity contribution >= 4 is 29.1 Å². The summed E-state index contributed by atoms with van der Waals surface area (Å²) in [6.45, 7) is 3.78. The number of thiazole rings is 1. The Hall–Kier alpha value is -0.590. The molecule has 0 saturated carbocycles. The number of hydrogen-bond acceptors (Lipinski definition) is 5. The molecule has 17 heavy (non-hydrogen) atoms. The molecule has 1 unspecified atom stereocenters. The lowest BCUT2D eigenvalue weighted by Gasteiger charge is -2.22. The van der Waals surface area contributed by atoms with E-state index in [0.29, 0.717) is 12.8 Å². The number of thioether (sulfide) groups is 1. The first-order chi connectivity index (χ1) is 7.98. The van der Waals surface area contributed by atoms with Crippen LogP contribution in [0.3, 0.4) is 0 Å². The van der Waals surface area contributed by atoms with Crippen LogP contribution in [0.4, 0.5) is 0 Å². The summed E-state index contributed by atoms with van der Waals surface area (Å²) in [7, 11) is 0. The van der Waals surface area contributed by atoms with E-state index in [1.54, 1.807) is 23.1 Å². The van der Waals surface area contributed by atoms with E-state index in [1.165, 1.54) is 0 Å². The van der Waals surface area contributed by atoms with E-state index in [9.17, 15) is 4.79 Å². The molecule has 1 atom stereocenters. The fourth-order valence-corrected chi connectivity index (χ4v) is 3.24. The van der Waals surface area contributed by atoms with Crippen LogP contribution in [0.5, 0.6) is 0 Å². The summed E-state index contributed by atoms with van der Waals surface area (Å²) < 4.78 is 1.04. The maximum absolute atomic E-state index is 11.0. The lowest BCUT2D eigenvalue weighted by molar-refractivity contribution is -0.143. The summed E-state index contributed by atoms with van der Waals surface area (Å²) in [6.07, 6.45) is 1.76. The van der Waals surface area contributed by atoms with Gasteiger partial charge < -0.3 is 10.8 Å². The number of nitrogens with zero attached hydrogens (tertiary/aromatic N) is 1. The largest absolute Gasteiger partial charge is 0.480 e. The minimum Gasteiger partial charge on any atom is -0.480 e. The second-order valence-corrected chi connectivity index (χ2v) is 6.22. The van der Waals surface area contributed by atoms with E-state index in [1.807, 2.05) is 19.2 Å². The molecular formula is C11H18N2O2S2. The highest BCUT2D eigenvalue weighted by Gasteiger charge is 2.30. The second kappa shape index (κ2) is 6.37. The van der Waals surface area contributed by atoms with Crippen molar-refractivity contribution in [3.05, 3.63) is 11.1 Å². The third-order valence-electron chi connectivity index (χ3n) is 2.65. The SMILES string of the molecule is CCC(N)(CCCSc1nc(C)cs1)C(=O)O. The summed E-state index contributed by atoms with van der Waals surface area (Å²) in [5.41, 5.74) is 5.76. The number of aliphatic carboxylic acids is 1. The molecule has 0 fully saturated rings. The van der Waals surface area contributed by atoms with Crippen LogP contribution in [0.2, 0.25) is 0 Å². The molecule has 0 aliphatic heterocycles. The monoisotopic (exact) mass is 274 g/mol. The molecular weight excluding hydrogens is 256 g/mol. The van der Waals surface area contributed by atoms with Crippen molar-refractivity contribution in [1.82, 2.24) is 4.98 Å². The molecule has 0 aliphatic rings.